The molecular formula is C48H77NO8P+. The predicted molar refractivity (Wildman–Crippen MR) is 242 cm³/mol. The van der Waals surface area contributed by atoms with Gasteiger partial charge in [-0.15, -0.1) is 0 Å². The average Bonchev–Trinajstić information content (AvgIpc) is 3.17. The van der Waals surface area contributed by atoms with Gasteiger partial charge in [-0.05, 0) is 89.9 Å². The van der Waals surface area contributed by atoms with E-state index in [1.54, 1.807) is 0 Å². The van der Waals surface area contributed by atoms with E-state index in [1.165, 1.54) is 0 Å². The molecule has 1 N–H and O–H groups in total. The molecule has 0 heterocycles. The molecule has 0 aromatic rings. The lowest BCUT2D eigenvalue weighted by Gasteiger charge is -2.24. The highest BCUT2D eigenvalue weighted by molar-refractivity contribution is 7.47. The van der Waals surface area contributed by atoms with E-state index in [0.717, 1.165) is 77.0 Å². The van der Waals surface area contributed by atoms with Gasteiger partial charge in [0.15, 0.2) is 6.10 Å². The molecule has 0 spiro atoms. The van der Waals surface area contributed by atoms with Crippen LogP contribution in [0, 0.1) is 0 Å². The number of hydrogen-bond acceptors (Lipinski definition) is 7. The highest BCUT2D eigenvalue weighted by Crippen LogP contribution is 2.43. The summed E-state index contributed by atoms with van der Waals surface area (Å²) in [7, 11) is 1.38. The molecule has 0 aromatic carbocycles. The number of esters is 2. The quantitative estimate of drug-likeness (QED) is 0.0219. The number of ether oxygens (including phenoxy) is 2. The maximum Gasteiger partial charge on any atom is 0.472 e. The lowest BCUT2D eigenvalue weighted by molar-refractivity contribution is -0.870. The molecule has 0 bridgehead atoms. The molecule has 2 atom stereocenters. The van der Waals surface area contributed by atoms with Gasteiger partial charge in [0.2, 0.25) is 0 Å². The smallest absolute Gasteiger partial charge is 0.462 e. The summed E-state index contributed by atoms with van der Waals surface area (Å²) in [5, 5.41) is 0. The molecule has 0 saturated heterocycles. The van der Waals surface area contributed by atoms with E-state index in [0.29, 0.717) is 23.9 Å². The van der Waals surface area contributed by atoms with Gasteiger partial charge in [0.25, 0.3) is 0 Å². The summed E-state index contributed by atoms with van der Waals surface area (Å²) in [5.41, 5.74) is 0. The van der Waals surface area contributed by atoms with Gasteiger partial charge in [0, 0.05) is 12.8 Å². The Hall–Kier alpha value is -3.59. The first-order chi connectivity index (χ1) is 28.0. The number of phosphoric ester groups is 1. The number of hydrogen-bond donors (Lipinski definition) is 1. The largest absolute Gasteiger partial charge is 0.472 e. The summed E-state index contributed by atoms with van der Waals surface area (Å²) in [6.45, 7) is 4.01. The summed E-state index contributed by atoms with van der Waals surface area (Å²) < 4.78 is 34.1. The first kappa shape index (κ1) is 54.4. The van der Waals surface area contributed by atoms with Crippen molar-refractivity contribution < 1.29 is 42.1 Å². The van der Waals surface area contributed by atoms with Crippen LogP contribution in [-0.2, 0) is 32.7 Å². The maximum atomic E-state index is 12.7. The molecule has 0 fully saturated rings. The van der Waals surface area contributed by atoms with Crippen LogP contribution in [-0.4, -0.2) is 74.9 Å². The highest BCUT2D eigenvalue weighted by atomic mass is 31.2. The van der Waals surface area contributed by atoms with Gasteiger partial charge in [-0.2, -0.15) is 0 Å². The van der Waals surface area contributed by atoms with Crippen LogP contribution in [0.25, 0.3) is 0 Å². The Bertz CT molecular complexity index is 1390. The van der Waals surface area contributed by atoms with Gasteiger partial charge in [-0.25, -0.2) is 4.57 Å². The first-order valence-electron chi connectivity index (χ1n) is 21.3. The molecule has 0 aliphatic carbocycles. The van der Waals surface area contributed by atoms with Crippen LogP contribution in [0.3, 0.4) is 0 Å². The van der Waals surface area contributed by atoms with Crippen molar-refractivity contribution in [3.05, 3.63) is 122 Å². The number of carbonyl (C=O) groups excluding carboxylic acids is 2. The van der Waals surface area contributed by atoms with Gasteiger partial charge in [0.1, 0.15) is 19.8 Å². The van der Waals surface area contributed by atoms with Crippen molar-refractivity contribution in [3.8, 4) is 0 Å². The van der Waals surface area contributed by atoms with Crippen LogP contribution >= 0.6 is 7.82 Å². The molecule has 1 unspecified atom stereocenters. The van der Waals surface area contributed by atoms with Crippen molar-refractivity contribution in [2.45, 2.75) is 123 Å². The number of nitrogens with zero attached hydrogens (tertiary/aromatic N) is 1. The zero-order valence-corrected chi connectivity index (χ0v) is 37.4. The van der Waals surface area contributed by atoms with Gasteiger partial charge >= 0.3 is 19.8 Å². The van der Waals surface area contributed by atoms with Crippen molar-refractivity contribution in [1.82, 2.24) is 0 Å². The second-order valence-corrected chi connectivity index (χ2v) is 16.1. The zero-order valence-electron chi connectivity index (χ0n) is 36.5. The highest BCUT2D eigenvalue weighted by Gasteiger charge is 2.27. The zero-order chi connectivity index (χ0) is 42.8. The van der Waals surface area contributed by atoms with Crippen LogP contribution in [0.1, 0.15) is 117 Å². The molecule has 0 saturated carbocycles. The minimum atomic E-state index is -4.41. The molecular weight excluding hydrogens is 750 g/mol. The predicted octanol–water partition coefficient (Wildman–Crippen LogP) is 12.1. The van der Waals surface area contributed by atoms with Crippen LogP contribution < -0.4 is 0 Å². The first-order valence-corrected chi connectivity index (χ1v) is 22.8. The van der Waals surface area contributed by atoms with E-state index < -0.39 is 32.5 Å². The Labute approximate surface area is 352 Å². The summed E-state index contributed by atoms with van der Waals surface area (Å²) in [6.07, 6.45) is 54.1. The molecule has 10 heteroatoms. The average molecular weight is 827 g/mol. The molecule has 0 rings (SSSR count). The minimum Gasteiger partial charge on any atom is -0.462 e. The number of rotatable bonds is 36. The van der Waals surface area contributed by atoms with Gasteiger partial charge in [-0.3, -0.25) is 18.6 Å². The van der Waals surface area contributed by atoms with Crippen LogP contribution in [0.2, 0.25) is 0 Å². The topological polar surface area (TPSA) is 108 Å². The number of unbranched alkanes of at least 4 members (excludes halogenated alkanes) is 2. The van der Waals surface area contributed by atoms with Gasteiger partial charge < -0.3 is 18.9 Å². The number of allylic oxidation sites excluding steroid dienone is 20. The van der Waals surface area contributed by atoms with Crippen LogP contribution in [0.5, 0.6) is 0 Å². The third-order valence-electron chi connectivity index (χ3n) is 8.00. The van der Waals surface area contributed by atoms with Crippen molar-refractivity contribution in [3.63, 3.8) is 0 Å². The number of carbonyl (C=O) groups is 2. The Morgan fingerprint density at radius 2 is 0.948 bits per heavy atom. The molecule has 0 aromatic heterocycles. The molecule has 326 valence electrons. The van der Waals surface area contributed by atoms with Crippen LogP contribution in [0.15, 0.2) is 122 Å². The lowest BCUT2D eigenvalue weighted by atomic mass is 10.2. The van der Waals surface area contributed by atoms with Crippen molar-refractivity contribution in [2.24, 2.45) is 0 Å². The third-order valence-corrected chi connectivity index (χ3v) is 8.98. The molecule has 9 nitrogen and oxygen atoms in total. The molecule has 0 aliphatic rings. The Kier molecular flexibility index (Phi) is 36.5. The van der Waals surface area contributed by atoms with Crippen molar-refractivity contribution >= 4 is 19.8 Å². The Morgan fingerprint density at radius 3 is 1.38 bits per heavy atom. The van der Waals surface area contributed by atoms with E-state index in [2.05, 4.69) is 123 Å². The summed E-state index contributed by atoms with van der Waals surface area (Å²) >= 11 is 0. The molecule has 0 aliphatic heterocycles. The number of likely N-dealkylation sites (N-methyl/N-ethyl adjacent to an activating group) is 1. The van der Waals surface area contributed by atoms with E-state index in [1.807, 2.05) is 33.3 Å². The lowest BCUT2D eigenvalue weighted by Crippen LogP contribution is -2.37. The Morgan fingerprint density at radius 1 is 0.534 bits per heavy atom. The fourth-order valence-corrected chi connectivity index (χ4v) is 5.48. The molecule has 0 amide bonds. The SMILES string of the molecule is CC/C=C/C/C=C/C/C=C/C/C=C/C/C=C/C/C=C/CCC(=O)O[C@H](COC(=O)CCCC/C=C/C/C=C/C/C=C/C/C=C/CC)COP(=O)(O)OCC[N+](C)(C)C. The monoisotopic (exact) mass is 827 g/mol. The third kappa shape index (κ3) is 42.0. The summed E-state index contributed by atoms with van der Waals surface area (Å²) in [4.78, 5) is 35.3. The molecule has 0 radical (unpaired) electrons. The number of phosphoric acid groups is 1. The normalized spacial score (nSPS) is 14.8. The van der Waals surface area contributed by atoms with Crippen LogP contribution in [0.4, 0.5) is 0 Å². The van der Waals surface area contributed by atoms with Gasteiger partial charge in [0.05, 0.1) is 27.7 Å². The van der Waals surface area contributed by atoms with E-state index in [4.69, 9.17) is 18.5 Å². The second kappa shape index (κ2) is 38.9. The summed E-state index contributed by atoms with van der Waals surface area (Å²) in [6, 6.07) is 0. The Balaban J connectivity index is 4.61. The number of quaternary nitrogens is 1. The van der Waals surface area contributed by atoms with E-state index in [9.17, 15) is 19.0 Å². The summed E-state index contributed by atoms with van der Waals surface area (Å²) in [5.74, 6) is -0.962. The molecule has 58 heavy (non-hydrogen) atoms. The van der Waals surface area contributed by atoms with E-state index >= 15 is 0 Å². The minimum absolute atomic E-state index is 0.00356. The second-order valence-electron chi connectivity index (χ2n) is 14.6. The van der Waals surface area contributed by atoms with Crippen molar-refractivity contribution in [2.75, 3.05) is 47.5 Å². The van der Waals surface area contributed by atoms with Crippen molar-refractivity contribution in [1.29, 1.82) is 0 Å². The van der Waals surface area contributed by atoms with Gasteiger partial charge in [-0.1, -0.05) is 135 Å². The van der Waals surface area contributed by atoms with E-state index in [-0.39, 0.29) is 26.1 Å². The standard InChI is InChI=1S/C48H76NO8P/c1-6-8-10-12-14-16-18-20-22-23-24-25-27-29-31-33-35-37-39-41-48(51)57-46(45-56-58(52,53)55-43-42-49(3,4)5)44-54-47(50)40-38-36-34-32-30-28-26-21-19-17-15-13-11-9-7-2/h8-11,14-17,20-22,24-26,29-32,35,37,46H,6-7,12-13,18-19,23,27-28,33-34,36,38-45H2,1-5H3/p+1/b10-8+,11-9+,16-14+,17-15+,22-20+,25-24+,26-21+,31-29+,32-30+,37-35+/t46-/m1/s1. The fourth-order valence-electron chi connectivity index (χ4n) is 4.73. The fraction of sp³-hybridized carbons (Fsp3) is 0.542. The maximum absolute atomic E-state index is 12.7.